The van der Waals surface area contributed by atoms with Crippen LogP contribution in [0.1, 0.15) is 40.1 Å². The topological polar surface area (TPSA) is 190 Å². The minimum absolute atomic E-state index is 0.0112. The Morgan fingerprint density at radius 1 is 0.667 bits per heavy atom. The molecule has 0 aliphatic carbocycles. The van der Waals surface area contributed by atoms with Crippen LogP contribution < -0.4 is 24.3 Å². The molecule has 0 bridgehead atoms. The molecule has 2 N–H and O–H groups in total. The fourth-order valence-electron chi connectivity index (χ4n) is 3.85. The molecule has 0 aliphatic rings. The first-order chi connectivity index (χ1) is 21.3. The van der Waals surface area contributed by atoms with Gasteiger partial charge in [-0.3, -0.25) is 14.4 Å². The maximum absolute atomic E-state index is 13.4. The summed E-state index contributed by atoms with van der Waals surface area (Å²) in [6, 6.07) is 13.6. The zero-order valence-corrected chi connectivity index (χ0v) is 24.8. The Balaban J connectivity index is 1.98. The van der Waals surface area contributed by atoms with E-state index in [-0.39, 0.29) is 39.8 Å². The van der Waals surface area contributed by atoms with Crippen molar-refractivity contribution in [3.05, 3.63) is 77.4 Å². The van der Waals surface area contributed by atoms with Crippen LogP contribution in [-0.4, -0.2) is 67.3 Å². The van der Waals surface area contributed by atoms with Crippen LogP contribution in [0.15, 0.2) is 60.7 Å². The Kier molecular flexibility index (Phi) is 11.2. The maximum atomic E-state index is 13.4. The summed E-state index contributed by atoms with van der Waals surface area (Å²) in [5.41, 5.74) is 0.435. The molecule has 3 aromatic rings. The first-order valence-electron chi connectivity index (χ1n) is 13.1. The van der Waals surface area contributed by atoms with E-state index in [0.717, 1.165) is 26.0 Å². The first-order valence-corrected chi connectivity index (χ1v) is 13.1. The van der Waals surface area contributed by atoms with E-state index in [2.05, 4.69) is 5.32 Å². The number of amides is 1. The Labute approximate surface area is 256 Å². The first kappa shape index (κ1) is 33.6. The average Bonchev–Trinajstić information content (AvgIpc) is 2.99. The van der Waals surface area contributed by atoms with E-state index < -0.39 is 48.0 Å². The van der Waals surface area contributed by atoms with Gasteiger partial charge in [-0.25, -0.2) is 14.4 Å². The molecule has 0 heterocycles. The smallest absolute Gasteiger partial charge is 0.349 e. The van der Waals surface area contributed by atoms with E-state index in [4.69, 9.17) is 28.4 Å². The van der Waals surface area contributed by atoms with Crippen LogP contribution >= 0.6 is 0 Å². The molecule has 1 amide bonds. The lowest BCUT2D eigenvalue weighted by atomic mass is 10.1. The number of rotatable bonds is 12. The van der Waals surface area contributed by atoms with E-state index in [1.807, 2.05) is 0 Å². The van der Waals surface area contributed by atoms with Gasteiger partial charge in [0, 0.05) is 19.5 Å². The lowest BCUT2D eigenvalue weighted by Gasteiger charge is -2.24. The third-order valence-electron chi connectivity index (χ3n) is 5.95. The fraction of sp³-hybridized carbons (Fsp3) is 0.226. The molecule has 236 valence electrons. The molecule has 0 aliphatic heterocycles. The number of carboxylic acid groups (broad SMARTS) is 1. The van der Waals surface area contributed by atoms with Gasteiger partial charge in [0.05, 0.1) is 25.3 Å². The Morgan fingerprint density at radius 3 is 1.56 bits per heavy atom. The van der Waals surface area contributed by atoms with Crippen LogP contribution in [0.5, 0.6) is 23.0 Å². The molecule has 14 nitrogen and oxygen atoms in total. The molecule has 0 saturated heterocycles. The molecular weight excluding hydrogens is 594 g/mol. The number of aryl methyl sites for hydroxylation is 1. The normalized spacial score (nSPS) is 11.7. The van der Waals surface area contributed by atoms with E-state index >= 15 is 0 Å². The van der Waals surface area contributed by atoms with Crippen molar-refractivity contribution in [2.75, 3.05) is 19.5 Å². The number of carbonyl (C=O) groups is 6. The third kappa shape index (κ3) is 8.79. The predicted octanol–water partition coefficient (Wildman–Crippen LogP) is 3.34. The Bertz CT molecular complexity index is 1630. The van der Waals surface area contributed by atoms with Crippen LogP contribution in [0.3, 0.4) is 0 Å². The molecule has 3 aromatic carbocycles. The number of benzene rings is 3. The number of methoxy groups -OCH3 is 2. The summed E-state index contributed by atoms with van der Waals surface area (Å²) in [6.07, 6.45) is -4.55. The predicted molar refractivity (Wildman–Crippen MR) is 154 cm³/mol. The number of anilines is 1. The standard InChI is InChI=1S/C31H29NO13/c1-16-8-6-7-9-21(16)32-28(35)26(44-30(38)19-10-12-22(42-17(2)33)24(14-19)40-4)27(29(36)37)45-31(39)20-11-13-23(43-18(3)34)25(15-20)41-5/h6-15,26-27H,1-5H3,(H,32,35)(H,36,37)/t26-,27-/m1/s1. The highest BCUT2D eigenvalue weighted by atomic mass is 16.6. The van der Waals surface area contributed by atoms with Crippen LogP contribution in [-0.2, 0) is 28.7 Å². The van der Waals surface area contributed by atoms with Gasteiger partial charge in [-0.05, 0) is 55.0 Å². The van der Waals surface area contributed by atoms with Gasteiger partial charge in [-0.1, -0.05) is 18.2 Å². The molecule has 45 heavy (non-hydrogen) atoms. The Morgan fingerprint density at radius 2 is 1.13 bits per heavy atom. The summed E-state index contributed by atoms with van der Waals surface area (Å²) in [6.45, 7) is 4.00. The minimum Gasteiger partial charge on any atom is -0.493 e. The molecule has 0 spiro atoms. The van der Waals surface area contributed by atoms with E-state index in [1.54, 1.807) is 25.1 Å². The SMILES string of the molecule is COc1cc(C(=O)O[C@@H](C(=O)O)[C@@H](OC(=O)c2ccc(OC(C)=O)c(OC)c2)C(=O)Nc2ccccc2C)ccc1OC(C)=O. The summed E-state index contributed by atoms with van der Waals surface area (Å²) in [4.78, 5) is 74.9. The van der Waals surface area contributed by atoms with Crippen LogP contribution in [0, 0.1) is 6.92 Å². The number of hydrogen-bond donors (Lipinski definition) is 2. The van der Waals surface area contributed by atoms with Gasteiger partial charge in [0.1, 0.15) is 0 Å². The monoisotopic (exact) mass is 623 g/mol. The molecule has 0 fully saturated rings. The highest BCUT2D eigenvalue weighted by Gasteiger charge is 2.41. The molecule has 3 rings (SSSR count). The van der Waals surface area contributed by atoms with Gasteiger partial charge in [0.25, 0.3) is 5.91 Å². The highest BCUT2D eigenvalue weighted by molar-refractivity contribution is 6.02. The van der Waals surface area contributed by atoms with Crippen molar-refractivity contribution in [2.45, 2.75) is 33.0 Å². The summed E-state index contributed by atoms with van der Waals surface area (Å²) < 4.78 is 30.8. The summed E-state index contributed by atoms with van der Waals surface area (Å²) in [7, 11) is 2.50. The fourth-order valence-corrected chi connectivity index (χ4v) is 3.85. The maximum Gasteiger partial charge on any atom is 0.349 e. The van der Waals surface area contributed by atoms with E-state index in [0.29, 0.717) is 5.56 Å². The molecule has 14 heteroatoms. The number of ether oxygens (including phenoxy) is 6. The number of aliphatic carboxylic acids is 1. The van der Waals surface area contributed by atoms with Crippen molar-refractivity contribution in [1.29, 1.82) is 0 Å². The number of carboxylic acids is 1. The Hall–Kier alpha value is -5.92. The third-order valence-corrected chi connectivity index (χ3v) is 5.95. The van der Waals surface area contributed by atoms with E-state index in [1.165, 1.54) is 44.6 Å². The van der Waals surface area contributed by atoms with Crippen LogP contribution in [0.2, 0.25) is 0 Å². The summed E-state index contributed by atoms with van der Waals surface area (Å²) >= 11 is 0. The second-order valence-corrected chi connectivity index (χ2v) is 9.21. The van der Waals surface area contributed by atoms with Crippen LogP contribution in [0.25, 0.3) is 0 Å². The zero-order valence-electron chi connectivity index (χ0n) is 24.8. The van der Waals surface area contributed by atoms with Gasteiger partial charge in [-0.2, -0.15) is 0 Å². The largest absolute Gasteiger partial charge is 0.493 e. The number of carbonyl (C=O) groups excluding carboxylic acids is 5. The highest BCUT2D eigenvalue weighted by Crippen LogP contribution is 2.30. The number of para-hydroxylation sites is 1. The molecular formula is C31H29NO13. The van der Waals surface area contributed by atoms with Gasteiger partial charge in [-0.15, -0.1) is 0 Å². The van der Waals surface area contributed by atoms with E-state index in [9.17, 15) is 33.9 Å². The van der Waals surface area contributed by atoms with Crippen molar-refractivity contribution < 1.29 is 62.3 Å². The van der Waals surface area contributed by atoms with Gasteiger partial charge in [0.15, 0.2) is 23.0 Å². The van der Waals surface area contributed by atoms with Crippen LogP contribution in [0.4, 0.5) is 5.69 Å². The summed E-state index contributed by atoms with van der Waals surface area (Å²) in [5, 5.41) is 12.5. The molecule has 0 unspecified atom stereocenters. The molecule has 0 radical (unpaired) electrons. The lowest BCUT2D eigenvalue weighted by molar-refractivity contribution is -0.157. The number of hydrogen-bond acceptors (Lipinski definition) is 12. The zero-order chi connectivity index (χ0) is 33.3. The van der Waals surface area contributed by atoms with Crippen molar-refractivity contribution >= 4 is 41.4 Å². The van der Waals surface area contributed by atoms with Gasteiger partial charge in [0.2, 0.25) is 12.2 Å². The summed E-state index contributed by atoms with van der Waals surface area (Å²) in [5.74, 6) is -6.77. The minimum atomic E-state index is -2.34. The number of nitrogens with one attached hydrogen (secondary N) is 1. The second-order valence-electron chi connectivity index (χ2n) is 9.21. The average molecular weight is 624 g/mol. The molecule has 2 atom stereocenters. The van der Waals surface area contributed by atoms with Gasteiger partial charge >= 0.3 is 29.8 Å². The van der Waals surface area contributed by atoms with Crippen molar-refractivity contribution in [2.24, 2.45) is 0 Å². The quantitative estimate of drug-likeness (QED) is 0.221. The van der Waals surface area contributed by atoms with Crippen molar-refractivity contribution in [3.63, 3.8) is 0 Å². The second kappa shape index (κ2) is 15.0. The van der Waals surface area contributed by atoms with Crippen molar-refractivity contribution in [1.82, 2.24) is 0 Å². The van der Waals surface area contributed by atoms with Gasteiger partial charge < -0.3 is 38.8 Å². The molecule has 0 aromatic heterocycles. The molecule has 0 saturated carbocycles. The number of esters is 4. The van der Waals surface area contributed by atoms with Crippen molar-refractivity contribution in [3.8, 4) is 23.0 Å². The lowest BCUT2D eigenvalue weighted by Crippen LogP contribution is -2.48.